The number of fused-ring (bicyclic) bond motifs is 1. The van der Waals surface area contributed by atoms with E-state index in [-0.39, 0.29) is 12.8 Å². The summed E-state index contributed by atoms with van der Waals surface area (Å²) >= 11 is 0. The van der Waals surface area contributed by atoms with Crippen LogP contribution in [0.3, 0.4) is 0 Å². The number of benzene rings is 2. The number of hydrogen-bond donors (Lipinski definition) is 4. The maximum atomic E-state index is 11.1. The van der Waals surface area contributed by atoms with E-state index in [9.17, 15) is 19.2 Å². The molecule has 0 aliphatic rings. The van der Waals surface area contributed by atoms with Gasteiger partial charge in [-0.25, -0.2) is 0 Å². The van der Waals surface area contributed by atoms with Gasteiger partial charge >= 0.3 is 23.9 Å². The third kappa shape index (κ3) is 3.97. The molecule has 0 bridgehead atoms. The minimum absolute atomic E-state index is 0.243. The molecule has 0 atom stereocenters. The highest BCUT2D eigenvalue weighted by atomic mass is 16.4. The Morgan fingerprint density at radius 2 is 0.923 bits per heavy atom. The van der Waals surface area contributed by atoms with Crippen molar-refractivity contribution in [3.05, 3.63) is 47.5 Å². The van der Waals surface area contributed by atoms with Crippen LogP contribution in [0.15, 0.2) is 36.4 Å². The Bertz CT molecular complexity index is 785. The van der Waals surface area contributed by atoms with E-state index in [4.69, 9.17) is 20.4 Å². The second kappa shape index (κ2) is 7.64. The third-order valence-electron chi connectivity index (χ3n) is 4.15. The van der Waals surface area contributed by atoms with Crippen LogP contribution in [0.4, 0.5) is 0 Å². The van der Waals surface area contributed by atoms with E-state index in [0.29, 0.717) is 21.9 Å². The fourth-order valence-corrected chi connectivity index (χ4v) is 2.78. The lowest BCUT2D eigenvalue weighted by atomic mass is 9.89. The monoisotopic (exact) mass is 360 g/mol. The lowest BCUT2D eigenvalue weighted by Crippen LogP contribution is -2.26. The van der Waals surface area contributed by atoms with Crippen molar-refractivity contribution in [2.24, 2.45) is 11.8 Å². The highest BCUT2D eigenvalue weighted by Crippen LogP contribution is 2.27. The van der Waals surface area contributed by atoms with Crippen molar-refractivity contribution in [2.45, 2.75) is 12.8 Å². The van der Waals surface area contributed by atoms with Gasteiger partial charge in [-0.1, -0.05) is 36.4 Å². The van der Waals surface area contributed by atoms with Crippen LogP contribution in [0, 0.1) is 11.8 Å². The molecule has 0 saturated heterocycles. The minimum Gasteiger partial charge on any atom is -0.481 e. The average Bonchev–Trinajstić information content (AvgIpc) is 2.56. The summed E-state index contributed by atoms with van der Waals surface area (Å²) in [5, 5.41) is 37.4. The molecule has 0 radical (unpaired) electrons. The molecular formula is C18H16O8. The standard InChI is InChI=1S/C18H16O8/c19-15(20)13(16(21)22)7-9-5-6-10(8-14(17(23)24)18(25)26)12-4-2-1-3-11(9)12/h1-6,13-14H,7-8H2,(H,19,20)(H,21,22)(H,23,24)(H,25,26). The number of rotatable bonds is 8. The summed E-state index contributed by atoms with van der Waals surface area (Å²) in [5.74, 6) is -9.06. The van der Waals surface area contributed by atoms with Crippen LogP contribution in [0.25, 0.3) is 10.8 Å². The molecule has 2 aromatic carbocycles. The highest BCUT2D eigenvalue weighted by molar-refractivity contribution is 5.96. The molecule has 2 rings (SSSR count). The van der Waals surface area contributed by atoms with Gasteiger partial charge in [-0.3, -0.25) is 19.2 Å². The first kappa shape index (κ1) is 18.9. The minimum atomic E-state index is -1.62. The average molecular weight is 360 g/mol. The summed E-state index contributed by atoms with van der Waals surface area (Å²) in [6, 6.07) is 9.70. The predicted molar refractivity (Wildman–Crippen MR) is 88.9 cm³/mol. The summed E-state index contributed by atoms with van der Waals surface area (Å²) in [7, 11) is 0. The summed E-state index contributed by atoms with van der Waals surface area (Å²) < 4.78 is 0. The van der Waals surface area contributed by atoms with Crippen LogP contribution in [0.2, 0.25) is 0 Å². The van der Waals surface area contributed by atoms with Crippen LogP contribution in [-0.4, -0.2) is 44.3 Å². The van der Waals surface area contributed by atoms with Gasteiger partial charge in [0.05, 0.1) is 0 Å². The van der Waals surface area contributed by atoms with E-state index in [1.807, 2.05) is 0 Å². The molecule has 0 aromatic heterocycles. The van der Waals surface area contributed by atoms with Crippen molar-refractivity contribution >= 4 is 34.6 Å². The van der Waals surface area contributed by atoms with E-state index in [2.05, 4.69) is 0 Å². The Morgan fingerprint density at radius 3 is 1.19 bits per heavy atom. The molecule has 0 saturated carbocycles. The fourth-order valence-electron chi connectivity index (χ4n) is 2.78. The van der Waals surface area contributed by atoms with Gasteiger partial charge in [0, 0.05) is 0 Å². The number of aliphatic carboxylic acids is 4. The van der Waals surface area contributed by atoms with Crippen molar-refractivity contribution in [1.29, 1.82) is 0 Å². The van der Waals surface area contributed by atoms with Gasteiger partial charge in [-0.2, -0.15) is 0 Å². The van der Waals surface area contributed by atoms with Gasteiger partial charge < -0.3 is 20.4 Å². The summed E-state index contributed by atoms with van der Waals surface area (Å²) in [6.07, 6.45) is -0.487. The Morgan fingerprint density at radius 1 is 0.615 bits per heavy atom. The van der Waals surface area contributed by atoms with E-state index in [1.54, 1.807) is 24.3 Å². The smallest absolute Gasteiger partial charge is 0.318 e. The number of carboxylic acids is 4. The second-order valence-corrected chi connectivity index (χ2v) is 5.80. The lowest BCUT2D eigenvalue weighted by molar-refractivity contribution is -0.156. The first-order chi connectivity index (χ1) is 12.2. The third-order valence-corrected chi connectivity index (χ3v) is 4.15. The second-order valence-electron chi connectivity index (χ2n) is 5.80. The van der Waals surface area contributed by atoms with Gasteiger partial charge in [0.1, 0.15) is 0 Å². The van der Waals surface area contributed by atoms with Crippen molar-refractivity contribution < 1.29 is 39.6 Å². The van der Waals surface area contributed by atoms with Crippen LogP contribution in [0.1, 0.15) is 11.1 Å². The molecule has 2 aromatic rings. The Balaban J connectivity index is 2.49. The van der Waals surface area contributed by atoms with Gasteiger partial charge in [0.15, 0.2) is 11.8 Å². The largest absolute Gasteiger partial charge is 0.481 e. The molecule has 0 aliphatic carbocycles. The molecule has 0 heterocycles. The quantitative estimate of drug-likeness (QED) is 0.517. The maximum Gasteiger partial charge on any atom is 0.318 e. The molecule has 0 unspecified atom stereocenters. The fraction of sp³-hybridized carbons (Fsp3) is 0.222. The summed E-state index contributed by atoms with van der Waals surface area (Å²) in [5.41, 5.74) is 0.947. The Labute approximate surface area is 147 Å². The molecule has 0 spiro atoms. The van der Waals surface area contributed by atoms with E-state index < -0.39 is 35.7 Å². The lowest BCUT2D eigenvalue weighted by Gasteiger charge is -2.15. The van der Waals surface area contributed by atoms with Gasteiger partial charge in [0.2, 0.25) is 0 Å². The van der Waals surface area contributed by atoms with Crippen LogP contribution < -0.4 is 0 Å². The molecule has 26 heavy (non-hydrogen) atoms. The number of carboxylic acid groups (broad SMARTS) is 4. The number of hydrogen-bond acceptors (Lipinski definition) is 4. The van der Waals surface area contributed by atoms with Crippen molar-refractivity contribution in [1.82, 2.24) is 0 Å². The van der Waals surface area contributed by atoms with Gasteiger partial charge in [-0.05, 0) is 34.7 Å². The van der Waals surface area contributed by atoms with Crippen LogP contribution in [0.5, 0.6) is 0 Å². The van der Waals surface area contributed by atoms with Crippen molar-refractivity contribution in [3.63, 3.8) is 0 Å². The Kier molecular flexibility index (Phi) is 5.56. The highest BCUT2D eigenvalue weighted by Gasteiger charge is 2.29. The van der Waals surface area contributed by atoms with Crippen LogP contribution >= 0.6 is 0 Å². The van der Waals surface area contributed by atoms with Crippen molar-refractivity contribution in [3.8, 4) is 0 Å². The van der Waals surface area contributed by atoms with Crippen LogP contribution in [-0.2, 0) is 32.0 Å². The molecule has 0 amide bonds. The molecule has 8 nitrogen and oxygen atoms in total. The molecule has 0 fully saturated rings. The predicted octanol–water partition coefficient (Wildman–Crippen LogP) is 1.50. The molecule has 0 aliphatic heterocycles. The SMILES string of the molecule is O=C(O)C(Cc1ccc(CC(C(=O)O)C(=O)O)c2ccccc12)C(=O)O. The van der Waals surface area contributed by atoms with Crippen molar-refractivity contribution in [2.75, 3.05) is 0 Å². The maximum absolute atomic E-state index is 11.1. The molecular weight excluding hydrogens is 344 g/mol. The number of carbonyl (C=O) groups is 4. The molecule has 8 heteroatoms. The normalized spacial score (nSPS) is 11.0. The van der Waals surface area contributed by atoms with E-state index in [1.165, 1.54) is 12.1 Å². The zero-order chi connectivity index (χ0) is 19.4. The zero-order valence-electron chi connectivity index (χ0n) is 13.5. The first-order valence-corrected chi connectivity index (χ1v) is 7.63. The summed E-state index contributed by atoms with van der Waals surface area (Å²) in [6.45, 7) is 0. The zero-order valence-corrected chi connectivity index (χ0v) is 13.5. The van der Waals surface area contributed by atoms with Gasteiger partial charge in [-0.15, -0.1) is 0 Å². The molecule has 4 N–H and O–H groups in total. The molecule has 136 valence electrons. The topological polar surface area (TPSA) is 149 Å². The van der Waals surface area contributed by atoms with E-state index >= 15 is 0 Å². The first-order valence-electron chi connectivity index (χ1n) is 7.63. The summed E-state index contributed by atoms with van der Waals surface area (Å²) in [4.78, 5) is 44.5. The van der Waals surface area contributed by atoms with E-state index in [0.717, 1.165) is 0 Å². The van der Waals surface area contributed by atoms with Gasteiger partial charge in [0.25, 0.3) is 0 Å². The Hall–Kier alpha value is -3.42.